The van der Waals surface area contributed by atoms with Gasteiger partial charge in [-0.15, -0.1) is 0 Å². The zero-order chi connectivity index (χ0) is 32.2. The Morgan fingerprint density at radius 1 is 0.750 bits per heavy atom. The van der Waals surface area contributed by atoms with Gasteiger partial charge < -0.3 is 14.4 Å². The highest BCUT2D eigenvalue weighted by molar-refractivity contribution is 7.89. The molecule has 0 saturated carbocycles. The van der Waals surface area contributed by atoms with E-state index < -0.39 is 102 Å². The number of alkyl halides is 14. The molecule has 1 N–H and O–H groups in total. The van der Waals surface area contributed by atoms with E-state index in [1.807, 2.05) is 4.72 Å². The van der Waals surface area contributed by atoms with Gasteiger partial charge in [0, 0.05) is 25.8 Å². The van der Waals surface area contributed by atoms with Crippen LogP contribution in [0.4, 0.5) is 61.5 Å². The Labute approximate surface area is 219 Å². The first-order valence-electron chi connectivity index (χ1n) is 11.0. The maximum Gasteiger partial charge on any atom is 0.431 e. The highest BCUT2D eigenvalue weighted by Gasteiger charge is 2.75. The fourth-order valence-corrected chi connectivity index (χ4v) is 4.80. The molecule has 0 heterocycles. The third-order valence-corrected chi connectivity index (χ3v) is 7.25. The van der Waals surface area contributed by atoms with Crippen molar-refractivity contribution < 1.29 is 84.3 Å². The van der Waals surface area contributed by atoms with Crippen LogP contribution in [-0.2, 0) is 14.8 Å². The van der Waals surface area contributed by atoms with Crippen LogP contribution in [0.3, 0.4) is 0 Å². The van der Waals surface area contributed by atoms with Crippen LogP contribution in [0, 0.1) is 5.92 Å². The van der Waals surface area contributed by atoms with E-state index in [1.54, 1.807) is 0 Å². The van der Waals surface area contributed by atoms with Crippen molar-refractivity contribution in [3.8, 4) is 0 Å². The third-order valence-electron chi connectivity index (χ3n) is 5.78. The van der Waals surface area contributed by atoms with Gasteiger partial charge in [-0.25, -0.2) is 21.9 Å². The Kier molecular flexibility index (Phi) is 12.2. The second-order valence-electron chi connectivity index (χ2n) is 9.77. The van der Waals surface area contributed by atoms with E-state index in [-0.39, 0.29) is 17.4 Å². The molecule has 240 valence electrons. The van der Waals surface area contributed by atoms with Gasteiger partial charge in [-0.05, 0) is 18.8 Å². The van der Waals surface area contributed by atoms with E-state index in [1.165, 1.54) is 14.1 Å². The molecule has 0 bridgehead atoms. The van der Waals surface area contributed by atoms with Crippen molar-refractivity contribution in [2.24, 2.45) is 5.92 Å². The Balaban J connectivity index is 5.80. The van der Waals surface area contributed by atoms with E-state index in [2.05, 4.69) is 0 Å². The zero-order valence-corrected chi connectivity index (χ0v) is 21.5. The summed E-state index contributed by atoms with van der Waals surface area (Å²) in [5.74, 6) is -5.92. The van der Waals surface area contributed by atoms with Crippen LogP contribution in [0.15, 0.2) is 0 Å². The lowest BCUT2D eigenvalue weighted by Crippen LogP contribution is -2.57. The summed E-state index contributed by atoms with van der Waals surface area (Å²) >= 11 is 0. The van der Waals surface area contributed by atoms with Crippen molar-refractivity contribution in [3.63, 3.8) is 0 Å². The van der Waals surface area contributed by atoms with Crippen LogP contribution in [-0.4, -0.2) is 94.4 Å². The summed E-state index contributed by atoms with van der Waals surface area (Å²) < 4.78 is 209. The topological polar surface area (TPSA) is 86.3 Å². The number of carbonyl (C=O) groups excluding carboxylic acids is 1. The summed E-state index contributed by atoms with van der Waals surface area (Å²) in [7, 11) is -1.61. The second-order valence-corrected chi connectivity index (χ2v) is 11.7. The molecule has 0 atom stereocenters. The molecule has 0 spiro atoms. The predicted octanol–water partition coefficient (Wildman–Crippen LogP) is 3.96. The van der Waals surface area contributed by atoms with Crippen molar-refractivity contribution in [1.82, 2.24) is 4.72 Å². The molecule has 21 heteroatoms. The SMILES string of the molecule is C[N+](C)(CCCNS(=O)(=O)CCCC(CC(F)(C(F)(F)F)C(F)(F)F)CC(F)(C(F)(F)F)C(F)(F)F)CC(=O)[O-]. The fourth-order valence-electron chi connectivity index (χ4n) is 3.65. The molecule has 0 unspecified atom stereocenters. The van der Waals surface area contributed by atoms with Crippen molar-refractivity contribution in [3.05, 3.63) is 0 Å². The van der Waals surface area contributed by atoms with Crippen molar-refractivity contribution in [2.45, 2.75) is 68.1 Å². The third kappa shape index (κ3) is 10.6. The van der Waals surface area contributed by atoms with Gasteiger partial charge in [0.05, 0.1) is 32.4 Å². The summed E-state index contributed by atoms with van der Waals surface area (Å²) in [6.45, 7) is -0.808. The summed E-state index contributed by atoms with van der Waals surface area (Å²) in [6, 6.07) is 0. The van der Waals surface area contributed by atoms with Gasteiger partial charge in [0.2, 0.25) is 10.0 Å². The van der Waals surface area contributed by atoms with Crippen LogP contribution >= 0.6 is 0 Å². The van der Waals surface area contributed by atoms with Gasteiger partial charge in [-0.3, -0.25) is 0 Å². The number of carboxylic acids is 1. The minimum Gasteiger partial charge on any atom is -0.544 e. The molecule has 0 aromatic heterocycles. The summed E-state index contributed by atoms with van der Waals surface area (Å²) in [6.07, 6.45) is -36.5. The lowest BCUT2D eigenvalue weighted by molar-refractivity contribution is -0.884. The van der Waals surface area contributed by atoms with E-state index in [9.17, 15) is 79.8 Å². The average Bonchev–Trinajstić information content (AvgIpc) is 2.66. The highest BCUT2D eigenvalue weighted by Crippen LogP contribution is 2.55. The summed E-state index contributed by atoms with van der Waals surface area (Å²) in [5, 5.41) is 10.6. The first kappa shape index (κ1) is 38.4. The highest BCUT2D eigenvalue weighted by atomic mass is 32.2. The average molecular weight is 644 g/mol. The number of rotatable bonds is 15. The minimum absolute atomic E-state index is 0.0226. The van der Waals surface area contributed by atoms with Crippen molar-refractivity contribution in [2.75, 3.05) is 39.5 Å². The van der Waals surface area contributed by atoms with Crippen LogP contribution in [0.5, 0.6) is 0 Å². The summed E-state index contributed by atoms with van der Waals surface area (Å²) in [5.41, 5.74) is -12.7. The number of halogens is 14. The number of sulfonamides is 1. The van der Waals surface area contributed by atoms with Gasteiger partial charge in [0.15, 0.2) is 0 Å². The monoisotopic (exact) mass is 644 g/mol. The van der Waals surface area contributed by atoms with Gasteiger partial charge in [0.25, 0.3) is 11.3 Å². The number of carbonyl (C=O) groups is 1. The van der Waals surface area contributed by atoms with Crippen molar-refractivity contribution >= 4 is 16.0 Å². The fraction of sp³-hybridized carbons (Fsp3) is 0.947. The molecular weight excluding hydrogens is 618 g/mol. The van der Waals surface area contributed by atoms with Crippen LogP contribution < -0.4 is 9.83 Å². The molecule has 40 heavy (non-hydrogen) atoms. The molecule has 0 fully saturated rings. The van der Waals surface area contributed by atoms with E-state index in [4.69, 9.17) is 0 Å². The smallest absolute Gasteiger partial charge is 0.431 e. The predicted molar refractivity (Wildman–Crippen MR) is 107 cm³/mol. The van der Waals surface area contributed by atoms with Crippen molar-refractivity contribution in [1.29, 1.82) is 0 Å². The molecule has 6 nitrogen and oxygen atoms in total. The number of carboxylic acid groups (broad SMARTS) is 1. The maximum absolute atomic E-state index is 14.2. The van der Waals surface area contributed by atoms with Crippen LogP contribution in [0.25, 0.3) is 0 Å². The number of nitrogens with one attached hydrogen (secondary N) is 1. The number of likely N-dealkylation sites (N-methyl/N-ethyl adjacent to an activating group) is 1. The molecule has 0 aliphatic rings. The number of hydrogen-bond acceptors (Lipinski definition) is 4. The molecule has 0 aromatic carbocycles. The molecule has 0 rings (SSSR count). The Morgan fingerprint density at radius 3 is 1.45 bits per heavy atom. The van der Waals surface area contributed by atoms with E-state index >= 15 is 0 Å². The Bertz CT molecular complexity index is 875. The lowest BCUT2D eigenvalue weighted by atomic mass is 9.80. The first-order valence-corrected chi connectivity index (χ1v) is 12.7. The normalized spacial score (nSPS) is 15.1. The number of quaternary nitrogens is 1. The number of hydrogen-bond donors (Lipinski definition) is 1. The van der Waals surface area contributed by atoms with E-state index in [0.717, 1.165) is 0 Å². The van der Waals surface area contributed by atoms with Gasteiger partial charge in [-0.1, -0.05) is 0 Å². The molecule has 0 saturated heterocycles. The Morgan fingerprint density at radius 2 is 1.12 bits per heavy atom. The largest absolute Gasteiger partial charge is 0.544 e. The van der Waals surface area contributed by atoms with Gasteiger partial charge in [0.1, 0.15) is 6.54 Å². The maximum atomic E-state index is 14.2. The molecule has 0 aliphatic carbocycles. The quantitative estimate of drug-likeness (QED) is 0.166. The van der Waals surface area contributed by atoms with Crippen LogP contribution in [0.1, 0.15) is 32.1 Å². The second kappa shape index (κ2) is 12.7. The lowest BCUT2D eigenvalue weighted by Gasteiger charge is -2.37. The molecule has 0 aliphatic heterocycles. The molecule has 0 aromatic rings. The van der Waals surface area contributed by atoms with Gasteiger partial charge >= 0.3 is 24.7 Å². The zero-order valence-electron chi connectivity index (χ0n) is 20.7. The molecule has 0 amide bonds. The number of aliphatic carboxylic acids is 1. The summed E-state index contributed by atoms with van der Waals surface area (Å²) in [4.78, 5) is 10.6. The minimum atomic E-state index is -6.88. The molecular formula is C19H26F14N2O4S. The number of nitrogens with zero attached hydrogens (tertiary/aromatic N) is 1. The van der Waals surface area contributed by atoms with E-state index in [0.29, 0.717) is 0 Å². The Hall–Kier alpha value is -1.64. The standard InChI is InChI=1S/C19H26F14N2O4S/c1-35(2,11-13(36)37)7-4-6-34-40(38,39)8-3-5-12(9-14(20,16(22,23)24)17(25,26)27)10-15(21,18(28,29)30)19(31,32)33/h12,34H,3-11H2,1-2H3. The van der Waals surface area contributed by atoms with Crippen LogP contribution in [0.2, 0.25) is 0 Å². The molecule has 0 radical (unpaired) electrons. The van der Waals surface area contributed by atoms with Gasteiger partial charge in [-0.2, -0.15) is 52.7 Å². The first-order chi connectivity index (χ1) is 17.4.